The van der Waals surface area contributed by atoms with Crippen molar-refractivity contribution in [3.63, 3.8) is 0 Å². The van der Waals surface area contributed by atoms with Crippen LogP contribution in [-0.2, 0) is 11.3 Å². The van der Waals surface area contributed by atoms with Crippen molar-refractivity contribution in [2.75, 3.05) is 17.8 Å². The van der Waals surface area contributed by atoms with E-state index in [9.17, 15) is 9.18 Å². The van der Waals surface area contributed by atoms with E-state index in [1.165, 1.54) is 35.2 Å². The Morgan fingerprint density at radius 3 is 2.61 bits per heavy atom. The van der Waals surface area contributed by atoms with Crippen LogP contribution in [0.4, 0.5) is 9.52 Å². The van der Waals surface area contributed by atoms with Gasteiger partial charge in [-0.15, -0.1) is 11.8 Å². The molecule has 1 heterocycles. The summed E-state index contributed by atoms with van der Waals surface area (Å²) in [5.74, 6) is 1.11. The van der Waals surface area contributed by atoms with Crippen molar-refractivity contribution in [1.82, 2.24) is 4.98 Å². The molecular weight excluding hydrogens is 431 g/mol. The second-order valence-electron chi connectivity index (χ2n) is 6.85. The topological polar surface area (TPSA) is 42.4 Å². The number of halogens is 1. The number of ether oxygens (including phenoxy) is 1. The minimum absolute atomic E-state index is 0.00415. The molecule has 0 unspecified atom stereocenters. The van der Waals surface area contributed by atoms with Gasteiger partial charge in [0, 0.05) is 17.1 Å². The zero-order valence-corrected chi connectivity index (χ0v) is 18.6. The van der Waals surface area contributed by atoms with Crippen LogP contribution in [-0.4, -0.2) is 23.8 Å². The molecule has 0 saturated carbocycles. The van der Waals surface area contributed by atoms with Crippen LogP contribution in [0.1, 0.15) is 12.0 Å². The van der Waals surface area contributed by atoms with Gasteiger partial charge in [-0.1, -0.05) is 41.7 Å². The summed E-state index contributed by atoms with van der Waals surface area (Å²) in [7, 11) is 1.63. The number of fused-ring (bicyclic) bond motifs is 1. The Bertz CT molecular complexity index is 1160. The normalized spacial score (nSPS) is 10.9. The Morgan fingerprint density at radius 1 is 1.10 bits per heavy atom. The molecule has 1 aromatic heterocycles. The summed E-state index contributed by atoms with van der Waals surface area (Å²) in [5.41, 5.74) is 1.88. The molecule has 4 aromatic rings. The Hall–Kier alpha value is -2.90. The van der Waals surface area contributed by atoms with E-state index in [2.05, 4.69) is 0 Å². The average molecular weight is 453 g/mol. The van der Waals surface area contributed by atoms with Gasteiger partial charge in [-0.05, 0) is 48.0 Å². The molecule has 0 atom stereocenters. The summed E-state index contributed by atoms with van der Waals surface area (Å²) in [6, 6.07) is 21.9. The standard InChI is InChI=1S/C24H21FN2O2S2/c1-29-19-9-12-21-22(15-19)31-24(26-21)27(16-17-5-3-2-4-6-17)23(28)13-14-30-20-10-7-18(25)8-11-20/h2-12,15H,13-14,16H2,1H3. The van der Waals surface area contributed by atoms with Crippen LogP contribution in [0, 0.1) is 5.82 Å². The van der Waals surface area contributed by atoms with E-state index in [0.29, 0.717) is 23.8 Å². The Kier molecular flexibility index (Phi) is 6.84. The first-order chi connectivity index (χ1) is 15.1. The zero-order chi connectivity index (χ0) is 21.6. The van der Waals surface area contributed by atoms with Crippen LogP contribution >= 0.6 is 23.1 Å². The number of hydrogen-bond acceptors (Lipinski definition) is 5. The summed E-state index contributed by atoms with van der Waals surface area (Å²) in [6.07, 6.45) is 0.355. The molecular formula is C24H21FN2O2S2. The SMILES string of the molecule is COc1ccc2nc(N(Cc3ccccc3)C(=O)CCSc3ccc(F)cc3)sc2c1. The molecule has 0 aliphatic rings. The fourth-order valence-corrected chi connectivity index (χ4v) is 4.94. The highest BCUT2D eigenvalue weighted by Crippen LogP contribution is 2.33. The highest BCUT2D eigenvalue weighted by atomic mass is 32.2. The lowest BCUT2D eigenvalue weighted by molar-refractivity contribution is -0.118. The molecule has 4 rings (SSSR count). The van der Waals surface area contributed by atoms with Crippen LogP contribution in [0.3, 0.4) is 0 Å². The molecule has 1 amide bonds. The molecule has 0 spiro atoms. The predicted octanol–water partition coefficient (Wildman–Crippen LogP) is 6.16. The summed E-state index contributed by atoms with van der Waals surface area (Å²) in [4.78, 5) is 20.6. The fourth-order valence-electron chi connectivity index (χ4n) is 3.09. The van der Waals surface area contributed by atoms with E-state index < -0.39 is 0 Å². The number of carbonyl (C=O) groups is 1. The van der Waals surface area contributed by atoms with Gasteiger partial charge in [-0.3, -0.25) is 9.69 Å². The number of hydrogen-bond donors (Lipinski definition) is 0. The smallest absolute Gasteiger partial charge is 0.229 e. The van der Waals surface area contributed by atoms with Crippen molar-refractivity contribution >= 4 is 44.4 Å². The van der Waals surface area contributed by atoms with Gasteiger partial charge in [0.05, 0.1) is 23.9 Å². The summed E-state index contributed by atoms with van der Waals surface area (Å²) in [5, 5.41) is 0.670. The zero-order valence-electron chi connectivity index (χ0n) is 17.0. The monoisotopic (exact) mass is 452 g/mol. The molecule has 0 bridgehead atoms. The van der Waals surface area contributed by atoms with E-state index in [1.807, 2.05) is 48.5 Å². The van der Waals surface area contributed by atoms with Crippen LogP contribution in [0.25, 0.3) is 10.2 Å². The lowest BCUT2D eigenvalue weighted by atomic mass is 10.2. The first-order valence-corrected chi connectivity index (χ1v) is 11.6. The maximum absolute atomic E-state index is 13.2. The molecule has 0 N–H and O–H groups in total. The number of rotatable bonds is 8. The molecule has 0 aliphatic heterocycles. The van der Waals surface area contributed by atoms with Crippen LogP contribution in [0.15, 0.2) is 77.7 Å². The van der Waals surface area contributed by atoms with Gasteiger partial charge >= 0.3 is 0 Å². The van der Waals surface area contributed by atoms with Gasteiger partial charge in [0.15, 0.2) is 5.13 Å². The molecule has 0 aliphatic carbocycles. The fraction of sp³-hybridized carbons (Fsp3) is 0.167. The van der Waals surface area contributed by atoms with Crippen LogP contribution in [0.2, 0.25) is 0 Å². The molecule has 0 fully saturated rings. The second kappa shape index (κ2) is 9.94. The van der Waals surface area contributed by atoms with Crippen molar-refractivity contribution in [3.05, 3.63) is 84.2 Å². The Balaban J connectivity index is 1.53. The summed E-state index contributed by atoms with van der Waals surface area (Å²) < 4.78 is 19.4. The van der Waals surface area contributed by atoms with E-state index in [-0.39, 0.29) is 11.7 Å². The number of amides is 1. The third-order valence-corrected chi connectivity index (χ3v) is 6.75. The minimum Gasteiger partial charge on any atom is -0.497 e. The van der Waals surface area contributed by atoms with Gasteiger partial charge in [-0.25, -0.2) is 9.37 Å². The largest absolute Gasteiger partial charge is 0.497 e. The number of anilines is 1. The van der Waals surface area contributed by atoms with Crippen molar-refractivity contribution in [2.45, 2.75) is 17.9 Å². The molecule has 0 saturated heterocycles. The Morgan fingerprint density at radius 2 is 1.87 bits per heavy atom. The van der Waals surface area contributed by atoms with Crippen molar-refractivity contribution in [2.24, 2.45) is 0 Å². The minimum atomic E-state index is -0.262. The first kappa shape index (κ1) is 21.3. The highest BCUT2D eigenvalue weighted by Gasteiger charge is 2.20. The molecule has 7 heteroatoms. The lowest BCUT2D eigenvalue weighted by Crippen LogP contribution is -2.30. The second-order valence-corrected chi connectivity index (χ2v) is 9.03. The third-order valence-electron chi connectivity index (χ3n) is 4.70. The number of benzene rings is 3. The maximum Gasteiger partial charge on any atom is 0.229 e. The number of thiazole rings is 1. The van der Waals surface area contributed by atoms with Crippen molar-refractivity contribution < 1.29 is 13.9 Å². The van der Waals surface area contributed by atoms with Crippen LogP contribution in [0.5, 0.6) is 5.75 Å². The summed E-state index contributed by atoms with van der Waals surface area (Å²) in [6.45, 7) is 0.456. The molecule has 31 heavy (non-hydrogen) atoms. The number of aromatic nitrogens is 1. The predicted molar refractivity (Wildman–Crippen MR) is 126 cm³/mol. The number of nitrogens with zero attached hydrogens (tertiary/aromatic N) is 2. The Labute approximate surface area is 188 Å². The summed E-state index contributed by atoms with van der Waals surface area (Å²) >= 11 is 3.02. The molecule has 4 nitrogen and oxygen atoms in total. The van der Waals surface area contributed by atoms with Crippen molar-refractivity contribution in [1.29, 1.82) is 0 Å². The number of methoxy groups -OCH3 is 1. The first-order valence-electron chi connectivity index (χ1n) is 9.79. The molecule has 158 valence electrons. The third kappa shape index (κ3) is 5.42. The molecule has 3 aromatic carbocycles. The van der Waals surface area contributed by atoms with E-state index >= 15 is 0 Å². The maximum atomic E-state index is 13.2. The highest BCUT2D eigenvalue weighted by molar-refractivity contribution is 7.99. The van der Waals surface area contributed by atoms with Gasteiger partial charge in [0.2, 0.25) is 5.91 Å². The van der Waals surface area contributed by atoms with E-state index in [0.717, 1.165) is 26.4 Å². The lowest BCUT2D eigenvalue weighted by Gasteiger charge is -2.20. The van der Waals surface area contributed by atoms with Crippen LogP contribution < -0.4 is 9.64 Å². The van der Waals surface area contributed by atoms with Gasteiger partial charge < -0.3 is 4.74 Å². The van der Waals surface area contributed by atoms with E-state index in [1.54, 1.807) is 24.1 Å². The van der Waals surface area contributed by atoms with Gasteiger partial charge in [0.1, 0.15) is 11.6 Å². The van der Waals surface area contributed by atoms with E-state index in [4.69, 9.17) is 9.72 Å². The van der Waals surface area contributed by atoms with Crippen molar-refractivity contribution in [3.8, 4) is 5.75 Å². The number of thioether (sulfide) groups is 1. The average Bonchev–Trinajstić information content (AvgIpc) is 3.22. The quantitative estimate of drug-likeness (QED) is 0.300. The number of carbonyl (C=O) groups excluding carboxylic acids is 1. The molecule has 0 radical (unpaired) electrons. The van der Waals surface area contributed by atoms with Gasteiger partial charge in [-0.2, -0.15) is 0 Å². The van der Waals surface area contributed by atoms with Gasteiger partial charge in [0.25, 0.3) is 0 Å².